The highest BCUT2D eigenvalue weighted by Gasteiger charge is 2.26. The van der Waals surface area contributed by atoms with E-state index in [-0.39, 0.29) is 18.3 Å². The number of hydrogen-bond donors (Lipinski definition) is 2. The number of ether oxygens (including phenoxy) is 1. The highest BCUT2D eigenvalue weighted by atomic mass is 16.5. The van der Waals surface area contributed by atoms with E-state index in [9.17, 15) is 9.90 Å². The molecule has 1 saturated heterocycles. The second-order valence-electron chi connectivity index (χ2n) is 4.84. The molecule has 1 unspecified atom stereocenters. The first-order valence-corrected chi connectivity index (χ1v) is 6.71. The molecule has 3 rings (SSSR count). The number of aromatic nitrogens is 3. The Labute approximate surface area is 120 Å². The minimum atomic E-state index is -0.976. The number of benzene rings is 1. The van der Waals surface area contributed by atoms with Gasteiger partial charge in [0.25, 0.3) is 0 Å². The first kappa shape index (κ1) is 13.7. The van der Waals surface area contributed by atoms with E-state index in [1.807, 2.05) is 0 Å². The Kier molecular flexibility index (Phi) is 3.68. The van der Waals surface area contributed by atoms with Crippen molar-refractivity contribution in [3.05, 3.63) is 41.2 Å². The Balaban J connectivity index is 2.01. The summed E-state index contributed by atoms with van der Waals surface area (Å²) in [6.07, 6.45) is 1.67. The van der Waals surface area contributed by atoms with Crippen LogP contribution in [0, 0.1) is 0 Å². The van der Waals surface area contributed by atoms with Crippen LogP contribution in [0.15, 0.2) is 24.3 Å². The molecule has 0 spiro atoms. The fraction of sp³-hybridized carbons (Fsp3) is 0.357. The van der Waals surface area contributed by atoms with Crippen LogP contribution in [0.25, 0.3) is 5.69 Å². The lowest BCUT2D eigenvalue weighted by atomic mass is 10.1. The molecular formula is C14H15N3O4. The van der Waals surface area contributed by atoms with Crippen molar-refractivity contribution in [2.45, 2.75) is 25.6 Å². The zero-order valence-corrected chi connectivity index (χ0v) is 11.3. The quantitative estimate of drug-likeness (QED) is 0.880. The Hall–Kier alpha value is -2.25. The predicted molar refractivity (Wildman–Crippen MR) is 72.2 cm³/mol. The molecule has 110 valence electrons. The van der Waals surface area contributed by atoms with Crippen molar-refractivity contribution in [3.63, 3.8) is 0 Å². The maximum absolute atomic E-state index is 10.9. The summed E-state index contributed by atoms with van der Waals surface area (Å²) < 4.78 is 7.26. The first-order chi connectivity index (χ1) is 10.2. The van der Waals surface area contributed by atoms with Gasteiger partial charge in [-0.15, -0.1) is 5.10 Å². The van der Waals surface area contributed by atoms with Crippen LogP contribution in [0.3, 0.4) is 0 Å². The summed E-state index contributed by atoms with van der Waals surface area (Å²) in [5, 5.41) is 26.4. The number of nitrogens with zero attached hydrogens (tertiary/aromatic N) is 3. The van der Waals surface area contributed by atoms with Crippen LogP contribution in [-0.2, 0) is 11.3 Å². The third kappa shape index (κ3) is 2.53. The van der Waals surface area contributed by atoms with Gasteiger partial charge in [0.15, 0.2) is 0 Å². The van der Waals surface area contributed by atoms with E-state index in [0.29, 0.717) is 18.0 Å². The van der Waals surface area contributed by atoms with Crippen LogP contribution in [0.1, 0.15) is 40.7 Å². The molecule has 1 aliphatic rings. The molecule has 2 N–H and O–H groups in total. The third-order valence-electron chi connectivity index (χ3n) is 3.52. The Morgan fingerprint density at radius 1 is 1.38 bits per heavy atom. The topological polar surface area (TPSA) is 97.5 Å². The van der Waals surface area contributed by atoms with Gasteiger partial charge in [0.1, 0.15) is 11.8 Å². The van der Waals surface area contributed by atoms with Gasteiger partial charge >= 0.3 is 5.97 Å². The number of rotatable bonds is 4. The number of hydrogen-bond acceptors (Lipinski definition) is 5. The predicted octanol–water partition coefficient (Wildman–Crippen LogP) is 1.31. The third-order valence-corrected chi connectivity index (χ3v) is 3.52. The minimum absolute atomic E-state index is 0.138. The van der Waals surface area contributed by atoms with Crippen LogP contribution >= 0.6 is 0 Å². The first-order valence-electron chi connectivity index (χ1n) is 6.71. The van der Waals surface area contributed by atoms with E-state index in [0.717, 1.165) is 18.5 Å². The van der Waals surface area contributed by atoms with Crippen LogP contribution in [0.2, 0.25) is 0 Å². The molecule has 2 aromatic rings. The molecule has 1 aliphatic heterocycles. The van der Waals surface area contributed by atoms with Crippen molar-refractivity contribution < 1.29 is 19.7 Å². The van der Waals surface area contributed by atoms with Gasteiger partial charge in [0.2, 0.25) is 0 Å². The zero-order chi connectivity index (χ0) is 14.8. The van der Waals surface area contributed by atoms with Gasteiger partial charge in [-0.05, 0) is 37.1 Å². The minimum Gasteiger partial charge on any atom is -0.478 e. The van der Waals surface area contributed by atoms with Gasteiger partial charge < -0.3 is 14.9 Å². The molecule has 7 heteroatoms. The lowest BCUT2D eigenvalue weighted by molar-refractivity contribution is 0.0697. The summed E-state index contributed by atoms with van der Waals surface area (Å²) in [5.74, 6) is -0.976. The molecule has 21 heavy (non-hydrogen) atoms. The summed E-state index contributed by atoms with van der Waals surface area (Å²) in [6.45, 7) is 0.473. The molecule has 1 aromatic carbocycles. The molecule has 0 aliphatic carbocycles. The number of carboxylic acid groups (broad SMARTS) is 1. The molecule has 0 radical (unpaired) electrons. The molecule has 0 amide bonds. The average Bonchev–Trinajstić information content (AvgIpc) is 3.15. The van der Waals surface area contributed by atoms with Crippen LogP contribution in [0.4, 0.5) is 0 Å². The van der Waals surface area contributed by atoms with Crippen molar-refractivity contribution in [2.24, 2.45) is 0 Å². The summed E-state index contributed by atoms with van der Waals surface area (Å²) in [5.41, 5.74) is 2.12. The number of aromatic carboxylic acids is 1. The number of aliphatic hydroxyl groups excluding tert-OH is 1. The Morgan fingerprint density at radius 3 is 2.71 bits per heavy atom. The summed E-state index contributed by atoms with van der Waals surface area (Å²) >= 11 is 0. The lowest BCUT2D eigenvalue weighted by Crippen LogP contribution is -2.09. The normalized spacial score (nSPS) is 18.0. The van der Waals surface area contributed by atoms with E-state index in [1.165, 1.54) is 12.1 Å². The molecule has 7 nitrogen and oxygen atoms in total. The van der Waals surface area contributed by atoms with Crippen molar-refractivity contribution in [3.8, 4) is 5.69 Å². The summed E-state index contributed by atoms with van der Waals surface area (Å²) in [7, 11) is 0. The van der Waals surface area contributed by atoms with Gasteiger partial charge in [-0.2, -0.15) is 0 Å². The standard InChI is InChI=1S/C14H15N3O4/c18-8-11-13(12-2-1-7-21-12)17(16-15-11)10-5-3-9(4-6-10)14(19)20/h3-6,12,18H,1-2,7-8H2,(H,19,20). The van der Waals surface area contributed by atoms with Crippen molar-refractivity contribution in [2.75, 3.05) is 6.61 Å². The van der Waals surface area contributed by atoms with E-state index in [2.05, 4.69) is 10.3 Å². The van der Waals surface area contributed by atoms with Gasteiger partial charge in [0, 0.05) is 6.61 Å². The summed E-state index contributed by atoms with van der Waals surface area (Å²) in [4.78, 5) is 10.9. The molecule has 0 saturated carbocycles. The maximum Gasteiger partial charge on any atom is 0.335 e. The number of carbonyl (C=O) groups is 1. The van der Waals surface area contributed by atoms with Gasteiger partial charge in [-0.3, -0.25) is 0 Å². The largest absolute Gasteiger partial charge is 0.478 e. The van der Waals surface area contributed by atoms with E-state index in [4.69, 9.17) is 9.84 Å². The van der Waals surface area contributed by atoms with E-state index >= 15 is 0 Å². The van der Waals surface area contributed by atoms with E-state index in [1.54, 1.807) is 16.8 Å². The fourth-order valence-corrected chi connectivity index (χ4v) is 2.48. The molecule has 1 fully saturated rings. The van der Waals surface area contributed by atoms with Crippen molar-refractivity contribution >= 4 is 5.97 Å². The van der Waals surface area contributed by atoms with Crippen LogP contribution in [0.5, 0.6) is 0 Å². The molecule has 1 atom stereocenters. The average molecular weight is 289 g/mol. The lowest BCUT2D eigenvalue weighted by Gasteiger charge is -2.13. The second-order valence-corrected chi connectivity index (χ2v) is 4.84. The highest BCUT2D eigenvalue weighted by Crippen LogP contribution is 2.31. The number of carboxylic acids is 1. The van der Waals surface area contributed by atoms with Gasteiger partial charge in [-0.25, -0.2) is 9.48 Å². The van der Waals surface area contributed by atoms with E-state index < -0.39 is 5.97 Å². The maximum atomic E-state index is 10.9. The van der Waals surface area contributed by atoms with Gasteiger partial charge in [0.05, 0.1) is 23.6 Å². The Morgan fingerprint density at radius 2 is 2.14 bits per heavy atom. The van der Waals surface area contributed by atoms with Crippen molar-refractivity contribution in [1.29, 1.82) is 0 Å². The highest BCUT2D eigenvalue weighted by molar-refractivity contribution is 5.87. The van der Waals surface area contributed by atoms with Crippen molar-refractivity contribution in [1.82, 2.24) is 15.0 Å². The molecule has 1 aromatic heterocycles. The second kappa shape index (κ2) is 5.63. The zero-order valence-electron chi connectivity index (χ0n) is 11.3. The Bertz CT molecular complexity index is 645. The molecular weight excluding hydrogens is 274 g/mol. The fourth-order valence-electron chi connectivity index (χ4n) is 2.48. The number of aliphatic hydroxyl groups is 1. The molecule has 0 bridgehead atoms. The smallest absolute Gasteiger partial charge is 0.335 e. The monoisotopic (exact) mass is 289 g/mol. The van der Waals surface area contributed by atoms with Crippen LogP contribution in [-0.4, -0.2) is 37.8 Å². The molecule has 2 heterocycles. The SMILES string of the molecule is O=C(O)c1ccc(-n2nnc(CO)c2C2CCCO2)cc1. The summed E-state index contributed by atoms with van der Waals surface area (Å²) in [6, 6.07) is 6.35. The van der Waals surface area contributed by atoms with Gasteiger partial charge in [-0.1, -0.05) is 5.21 Å². The van der Waals surface area contributed by atoms with Crippen LogP contribution < -0.4 is 0 Å².